The summed E-state index contributed by atoms with van der Waals surface area (Å²) >= 11 is 1.63. The van der Waals surface area contributed by atoms with E-state index in [1.165, 1.54) is 46.1 Å². The summed E-state index contributed by atoms with van der Waals surface area (Å²) in [6, 6.07) is 10.7. The Kier molecular flexibility index (Phi) is 19.2. The van der Waals surface area contributed by atoms with E-state index < -0.39 is 17.9 Å². The number of halogens is 2. The first-order chi connectivity index (χ1) is 39.1. The fourth-order valence-corrected chi connectivity index (χ4v) is 13.1. The molecule has 5 aliphatic rings. The van der Waals surface area contributed by atoms with E-state index in [1.807, 2.05) is 14.7 Å². The number of nitrogens with one attached hydrogen (secondary N) is 3. The van der Waals surface area contributed by atoms with Gasteiger partial charge in [0.1, 0.15) is 29.4 Å². The van der Waals surface area contributed by atoms with Crippen LogP contribution in [0.25, 0.3) is 16.8 Å². The van der Waals surface area contributed by atoms with Crippen molar-refractivity contribution in [3.05, 3.63) is 95.0 Å². The van der Waals surface area contributed by atoms with Gasteiger partial charge >= 0.3 is 0 Å². The fraction of sp³-hybridized carbons (Fsp3) is 0.525. The molecule has 5 N–H and O–H groups in total. The summed E-state index contributed by atoms with van der Waals surface area (Å²) in [6.45, 7) is 8.59. The Balaban J connectivity index is 0.706. The molecule has 0 spiro atoms. The zero-order valence-electron chi connectivity index (χ0n) is 46.6. The number of thioether (sulfide) groups is 1. The molecule has 22 heteroatoms. The first kappa shape index (κ1) is 58.4. The van der Waals surface area contributed by atoms with Gasteiger partial charge in [-0.1, -0.05) is 44.4 Å². The maximum absolute atomic E-state index is 14.7. The molecule has 3 saturated heterocycles. The molecule has 0 aliphatic carbocycles. The average Bonchev–Trinajstić information content (AvgIpc) is 4.47. The Morgan fingerprint density at radius 3 is 2.37 bits per heavy atom. The Labute approximate surface area is 476 Å². The predicted molar refractivity (Wildman–Crippen MR) is 307 cm³/mol. The van der Waals surface area contributed by atoms with Crippen molar-refractivity contribution in [2.75, 3.05) is 63.2 Å². The zero-order chi connectivity index (χ0) is 57.3. The van der Waals surface area contributed by atoms with E-state index in [4.69, 9.17) is 20.8 Å². The van der Waals surface area contributed by atoms with E-state index in [9.17, 15) is 38.0 Å². The Morgan fingerprint density at radius 1 is 0.926 bits per heavy atom. The van der Waals surface area contributed by atoms with Gasteiger partial charge < -0.3 is 41.3 Å². The van der Waals surface area contributed by atoms with E-state index in [1.54, 1.807) is 44.9 Å². The number of nitriles is 1. The fourth-order valence-electron chi connectivity index (χ4n) is 11.9. The van der Waals surface area contributed by atoms with Gasteiger partial charge in [-0.25, -0.2) is 18.7 Å². The molecular formula is C59H74F2N14O5S. The van der Waals surface area contributed by atoms with Gasteiger partial charge in [0.15, 0.2) is 11.6 Å². The zero-order valence-corrected chi connectivity index (χ0v) is 47.4. The molecule has 430 valence electrons. The predicted octanol–water partition coefficient (Wildman–Crippen LogP) is 6.79. The number of benzene rings is 2. The van der Waals surface area contributed by atoms with Crippen LogP contribution in [0.1, 0.15) is 136 Å². The standard InChI is InChI=1S/C59H74F2N14O5S/c1-36(38-17-19-40(60)20-18-38)46-35-81-57(68-46)48-14-12-27-74(48)59(80)53(69-56(78)37(2)64-3)39-23-28-72(29-24-39)51(77)16-10-8-6-5-7-9-15-50(76)65-25-30-75-49(32-62)52-44-33-66-54(63)55(67-44)73-26-11-13-47(73)43-31-41(61)21-22-42(43)58(79)71(4)34-45(52)70-75/h17-22,31,33,37,39,46-48,53,64H,1,5-16,23-30,34-35H2,2-4H3,(H2,63,66)(H,65,76)(H,69,78)/t37-,46?,47-,48-,53-/m1/s1. The van der Waals surface area contributed by atoms with Gasteiger partial charge in [0.05, 0.1) is 65.4 Å². The van der Waals surface area contributed by atoms with Gasteiger partial charge in [0.2, 0.25) is 23.6 Å². The summed E-state index contributed by atoms with van der Waals surface area (Å²) in [5, 5.41) is 25.2. The van der Waals surface area contributed by atoms with E-state index in [0.717, 1.165) is 67.5 Å². The normalized spacial score (nSPS) is 19.8. The summed E-state index contributed by atoms with van der Waals surface area (Å²) in [5.41, 5.74) is 10.4. The van der Waals surface area contributed by atoms with Crippen molar-refractivity contribution in [3.63, 3.8) is 0 Å². The van der Waals surface area contributed by atoms with Crippen LogP contribution in [0, 0.1) is 28.9 Å². The lowest BCUT2D eigenvalue weighted by atomic mass is 9.87. The number of nitrogen functional groups attached to an aromatic ring is 1. The minimum absolute atomic E-state index is 0.0233. The highest BCUT2D eigenvalue weighted by molar-refractivity contribution is 8.14. The van der Waals surface area contributed by atoms with Crippen molar-refractivity contribution in [2.45, 2.75) is 140 Å². The third kappa shape index (κ3) is 13.4. The number of unbranched alkanes of at least 4 members (excludes halogenated alkanes) is 5. The molecule has 19 nitrogen and oxygen atoms in total. The number of likely N-dealkylation sites (N-methyl/N-ethyl adjacent to an activating group) is 1. The molecule has 0 radical (unpaired) electrons. The quantitative estimate of drug-likeness (QED) is 0.0668. The van der Waals surface area contributed by atoms with E-state index in [-0.39, 0.29) is 90.5 Å². The van der Waals surface area contributed by atoms with Gasteiger partial charge in [0.25, 0.3) is 5.91 Å². The number of anilines is 2. The lowest BCUT2D eigenvalue weighted by molar-refractivity contribution is -0.139. The van der Waals surface area contributed by atoms with Crippen LogP contribution in [-0.4, -0.2) is 146 Å². The van der Waals surface area contributed by atoms with Crippen molar-refractivity contribution >= 4 is 63.6 Å². The smallest absolute Gasteiger partial charge is 0.254 e. The number of carbonyl (C=O) groups excluding carboxylic acids is 5. The SMILES string of the molecule is C=C(c1ccc(F)cc1)C1CSC([C@H]2CCCN2C(=O)[C@H](NC(=O)[C@@H](C)NC)C2CCN(C(=O)CCCCCCCCC(=O)NCCn3nc4c(c3C#N)-c3cnc(N)c(n3)N3CCC[C@@H]3c3cc(F)ccc3C(=O)N(C)C4)CC2)=N1. The largest absolute Gasteiger partial charge is 0.381 e. The lowest BCUT2D eigenvalue weighted by Crippen LogP contribution is -2.58. The second kappa shape index (κ2) is 26.6. The maximum Gasteiger partial charge on any atom is 0.254 e. The second-order valence-electron chi connectivity index (χ2n) is 21.9. The van der Waals surface area contributed by atoms with Gasteiger partial charge in [-0.2, -0.15) is 10.4 Å². The van der Waals surface area contributed by atoms with Gasteiger partial charge in [-0.3, -0.25) is 33.6 Å². The number of nitrogens with zero attached hydrogens (tertiary/aromatic N) is 10. The molecule has 81 heavy (non-hydrogen) atoms. The van der Waals surface area contributed by atoms with Crippen molar-refractivity contribution in [1.82, 2.24) is 50.4 Å². The molecule has 5 amide bonds. The number of hydrogen-bond acceptors (Lipinski definition) is 14. The second-order valence-corrected chi connectivity index (χ2v) is 23.0. The Morgan fingerprint density at radius 2 is 1.63 bits per heavy atom. The minimum Gasteiger partial charge on any atom is -0.381 e. The molecule has 3 fully saturated rings. The van der Waals surface area contributed by atoms with Crippen LogP contribution < -0.4 is 26.6 Å². The van der Waals surface area contributed by atoms with Crippen LogP contribution in [0.3, 0.4) is 0 Å². The molecule has 0 saturated carbocycles. The number of carbonyl (C=O) groups is 5. The summed E-state index contributed by atoms with van der Waals surface area (Å²) in [4.78, 5) is 90.0. The molecule has 7 heterocycles. The highest BCUT2D eigenvalue weighted by atomic mass is 32.2. The lowest BCUT2D eigenvalue weighted by Gasteiger charge is -2.38. The van der Waals surface area contributed by atoms with Crippen LogP contribution in [0.5, 0.6) is 0 Å². The van der Waals surface area contributed by atoms with Crippen LogP contribution in [-0.2, 0) is 32.3 Å². The summed E-state index contributed by atoms with van der Waals surface area (Å²) < 4.78 is 29.9. The topological polar surface area (TPSA) is 240 Å². The van der Waals surface area contributed by atoms with Crippen molar-refractivity contribution in [2.24, 2.45) is 10.9 Å². The number of hydrogen-bond donors (Lipinski definition) is 4. The van der Waals surface area contributed by atoms with Crippen LogP contribution >= 0.6 is 11.8 Å². The third-order valence-corrected chi connectivity index (χ3v) is 17.7. The van der Waals surface area contributed by atoms with Crippen LogP contribution in [0.4, 0.5) is 20.4 Å². The Bertz CT molecular complexity index is 3070. The monoisotopic (exact) mass is 1130 g/mol. The number of likely N-dealkylation sites (tertiary alicyclic amines) is 2. The summed E-state index contributed by atoms with van der Waals surface area (Å²) in [7, 11) is 3.35. The van der Waals surface area contributed by atoms with Crippen LogP contribution in [0.15, 0.2) is 60.2 Å². The Hall–Kier alpha value is -7.25. The number of rotatable bonds is 20. The third-order valence-electron chi connectivity index (χ3n) is 16.6. The average molecular weight is 1130 g/mol. The number of aliphatic imine (C=N–C) groups is 1. The van der Waals surface area contributed by atoms with Crippen LogP contribution in [0.2, 0.25) is 0 Å². The van der Waals surface area contributed by atoms with E-state index in [0.29, 0.717) is 104 Å². The summed E-state index contributed by atoms with van der Waals surface area (Å²) in [6.07, 6.45) is 11.5. The van der Waals surface area contributed by atoms with Crippen molar-refractivity contribution < 1.29 is 32.8 Å². The maximum atomic E-state index is 14.7. The first-order valence-corrected chi connectivity index (χ1v) is 29.5. The highest BCUT2D eigenvalue weighted by Gasteiger charge is 2.43. The molecule has 2 aromatic carbocycles. The van der Waals surface area contributed by atoms with Crippen molar-refractivity contribution in [1.29, 1.82) is 5.26 Å². The van der Waals surface area contributed by atoms with Crippen molar-refractivity contribution in [3.8, 4) is 17.3 Å². The summed E-state index contributed by atoms with van der Waals surface area (Å²) in [5.74, 6) is -0.369. The molecular weight excluding hydrogens is 1050 g/mol. The molecule has 1 unspecified atom stereocenters. The van der Waals surface area contributed by atoms with E-state index in [2.05, 4.69) is 33.6 Å². The molecule has 5 aliphatic heterocycles. The number of piperidine rings is 1. The number of amides is 5. The first-order valence-electron chi connectivity index (χ1n) is 28.6. The molecule has 2 aromatic heterocycles. The highest BCUT2D eigenvalue weighted by Crippen LogP contribution is 2.41. The molecule has 9 rings (SSSR count). The van der Waals surface area contributed by atoms with E-state index >= 15 is 0 Å². The number of nitrogens with two attached hydrogens (primary N) is 1. The minimum atomic E-state index is -0.738. The molecule has 5 atom stereocenters. The van der Waals surface area contributed by atoms with Gasteiger partial charge in [-0.15, -0.1) is 11.8 Å². The number of fused-ring (bicyclic) bond motifs is 8. The molecule has 4 aromatic rings. The molecule has 2 bridgehead atoms. The van der Waals surface area contributed by atoms with Gasteiger partial charge in [-0.05, 0) is 118 Å². The number of aromatic nitrogens is 4. The van der Waals surface area contributed by atoms with Gasteiger partial charge in [0, 0.05) is 63.9 Å².